The maximum atomic E-state index is 13.2. The van der Waals surface area contributed by atoms with E-state index in [1.54, 1.807) is 13.1 Å². The van der Waals surface area contributed by atoms with Crippen molar-refractivity contribution in [2.24, 2.45) is 0 Å². The van der Waals surface area contributed by atoms with Gasteiger partial charge in [0.1, 0.15) is 6.54 Å². The van der Waals surface area contributed by atoms with Crippen LogP contribution in [0.5, 0.6) is 0 Å². The first-order chi connectivity index (χ1) is 12.4. The van der Waals surface area contributed by atoms with E-state index in [0.29, 0.717) is 17.6 Å². The Morgan fingerprint density at radius 1 is 1.00 bits per heavy atom. The summed E-state index contributed by atoms with van der Waals surface area (Å²) in [6.45, 7) is 8.09. The van der Waals surface area contributed by atoms with Gasteiger partial charge in [-0.1, -0.05) is 42.0 Å². The Balaban J connectivity index is 2.31. The van der Waals surface area contributed by atoms with Gasteiger partial charge in [-0.2, -0.15) is 0 Å². The smallest absolute Gasteiger partial charge is 0.325 e. The zero-order valence-corrected chi connectivity index (χ0v) is 15.6. The number of benzene rings is 2. The van der Waals surface area contributed by atoms with Crippen molar-refractivity contribution in [1.29, 1.82) is 0 Å². The van der Waals surface area contributed by atoms with Gasteiger partial charge in [0.05, 0.1) is 12.1 Å². The van der Waals surface area contributed by atoms with E-state index < -0.39 is 0 Å². The lowest BCUT2D eigenvalue weighted by molar-refractivity contribution is -0.143. The van der Waals surface area contributed by atoms with E-state index in [-0.39, 0.29) is 17.9 Å². The lowest BCUT2D eigenvalue weighted by atomic mass is 9.99. The molecule has 0 aliphatic carbocycles. The number of fused-ring (bicyclic) bond motifs is 1. The molecule has 0 aliphatic rings. The van der Waals surface area contributed by atoms with Gasteiger partial charge < -0.3 is 9.30 Å². The van der Waals surface area contributed by atoms with Gasteiger partial charge in [0.2, 0.25) is 0 Å². The molecule has 0 atom stereocenters. The van der Waals surface area contributed by atoms with Gasteiger partial charge in [-0.3, -0.25) is 9.59 Å². The van der Waals surface area contributed by atoms with Crippen molar-refractivity contribution in [3.8, 4) is 11.1 Å². The molecule has 0 bridgehead atoms. The highest BCUT2D eigenvalue weighted by molar-refractivity contribution is 5.90. The minimum Gasteiger partial charge on any atom is -0.465 e. The van der Waals surface area contributed by atoms with Crippen LogP contribution in [-0.2, 0) is 16.1 Å². The van der Waals surface area contributed by atoms with Crippen molar-refractivity contribution in [3.05, 3.63) is 69.5 Å². The molecule has 3 aromatic rings. The van der Waals surface area contributed by atoms with E-state index in [4.69, 9.17) is 4.74 Å². The van der Waals surface area contributed by atoms with Gasteiger partial charge in [0, 0.05) is 17.1 Å². The lowest BCUT2D eigenvalue weighted by Gasteiger charge is -2.16. The van der Waals surface area contributed by atoms with Crippen LogP contribution in [0.25, 0.3) is 22.0 Å². The van der Waals surface area contributed by atoms with Crippen LogP contribution in [0.4, 0.5) is 0 Å². The summed E-state index contributed by atoms with van der Waals surface area (Å²) in [6, 6.07) is 11.8. The number of aromatic nitrogens is 1. The predicted octanol–water partition coefficient (Wildman–Crippen LogP) is 4.16. The van der Waals surface area contributed by atoms with Crippen LogP contribution in [0.3, 0.4) is 0 Å². The molecular weight excluding hydrogens is 326 g/mol. The maximum Gasteiger partial charge on any atom is 0.325 e. The summed E-state index contributed by atoms with van der Waals surface area (Å²) in [6.07, 6.45) is 1.78. The molecule has 26 heavy (non-hydrogen) atoms. The monoisotopic (exact) mass is 349 g/mol. The Labute approximate surface area is 153 Å². The molecule has 0 radical (unpaired) electrons. The summed E-state index contributed by atoms with van der Waals surface area (Å²) in [5.41, 5.74) is 5.22. The van der Waals surface area contributed by atoms with Crippen LogP contribution in [0.15, 0.2) is 47.4 Å². The Bertz CT molecular complexity index is 1030. The van der Waals surface area contributed by atoms with Crippen LogP contribution in [0, 0.1) is 20.8 Å². The van der Waals surface area contributed by atoms with E-state index in [2.05, 4.69) is 0 Å². The first kappa shape index (κ1) is 17.9. The van der Waals surface area contributed by atoms with Gasteiger partial charge in [0.15, 0.2) is 5.43 Å². The summed E-state index contributed by atoms with van der Waals surface area (Å²) in [7, 11) is 0. The molecule has 0 N–H and O–H groups in total. The Hall–Kier alpha value is -2.88. The average molecular weight is 349 g/mol. The molecule has 1 heterocycles. The largest absolute Gasteiger partial charge is 0.465 e. The minimum absolute atomic E-state index is 0.00911. The summed E-state index contributed by atoms with van der Waals surface area (Å²) >= 11 is 0. The van der Waals surface area contributed by atoms with Crippen LogP contribution >= 0.6 is 0 Å². The highest BCUT2D eigenvalue weighted by atomic mass is 16.5. The molecule has 0 unspecified atom stereocenters. The molecular formula is C22H23NO3. The van der Waals surface area contributed by atoms with Crippen LogP contribution in [0.2, 0.25) is 0 Å². The van der Waals surface area contributed by atoms with Crippen molar-refractivity contribution in [3.63, 3.8) is 0 Å². The summed E-state index contributed by atoms with van der Waals surface area (Å²) < 4.78 is 6.96. The van der Waals surface area contributed by atoms with Gasteiger partial charge >= 0.3 is 5.97 Å². The number of ether oxygens (including phenoxy) is 1. The normalized spacial score (nSPS) is 10.9. The first-order valence-electron chi connectivity index (χ1n) is 8.78. The third-order valence-electron chi connectivity index (χ3n) is 4.60. The van der Waals surface area contributed by atoms with E-state index >= 15 is 0 Å². The summed E-state index contributed by atoms with van der Waals surface area (Å²) in [4.78, 5) is 25.3. The number of nitrogens with zero attached hydrogens (tertiary/aromatic N) is 1. The fourth-order valence-corrected chi connectivity index (χ4v) is 3.28. The molecule has 0 amide bonds. The van der Waals surface area contributed by atoms with Crippen molar-refractivity contribution in [1.82, 2.24) is 4.57 Å². The number of carbonyl (C=O) groups is 1. The van der Waals surface area contributed by atoms with Crippen LogP contribution in [-0.4, -0.2) is 17.1 Å². The zero-order valence-electron chi connectivity index (χ0n) is 15.6. The fraction of sp³-hybridized carbons (Fsp3) is 0.273. The molecule has 0 aliphatic heterocycles. The van der Waals surface area contributed by atoms with E-state index in [0.717, 1.165) is 27.8 Å². The van der Waals surface area contributed by atoms with Gasteiger partial charge in [-0.05, 0) is 44.4 Å². The number of esters is 1. The highest BCUT2D eigenvalue weighted by Gasteiger charge is 2.16. The van der Waals surface area contributed by atoms with Crippen LogP contribution in [0.1, 0.15) is 23.6 Å². The van der Waals surface area contributed by atoms with Gasteiger partial charge in [0.25, 0.3) is 0 Å². The Morgan fingerprint density at radius 3 is 2.31 bits per heavy atom. The van der Waals surface area contributed by atoms with Crippen molar-refractivity contribution in [2.45, 2.75) is 34.2 Å². The van der Waals surface area contributed by atoms with E-state index in [1.807, 2.05) is 61.7 Å². The zero-order chi connectivity index (χ0) is 18.8. The topological polar surface area (TPSA) is 48.3 Å². The third kappa shape index (κ3) is 3.27. The molecule has 134 valence electrons. The molecule has 0 fully saturated rings. The molecule has 0 spiro atoms. The predicted molar refractivity (Wildman–Crippen MR) is 104 cm³/mol. The third-order valence-corrected chi connectivity index (χ3v) is 4.60. The number of pyridine rings is 1. The standard InChI is InChI=1S/C22H23NO3/c1-5-26-19(24)13-23-12-18(17-10-6-14(2)7-11-17)22(25)20-15(3)8-9-16(4)21(20)23/h6-12H,5,13H2,1-4H3. The van der Waals surface area contributed by atoms with E-state index in [9.17, 15) is 9.59 Å². The van der Waals surface area contributed by atoms with Gasteiger partial charge in [-0.25, -0.2) is 0 Å². The fourth-order valence-electron chi connectivity index (χ4n) is 3.28. The second-order valence-corrected chi connectivity index (χ2v) is 6.59. The second-order valence-electron chi connectivity index (χ2n) is 6.59. The molecule has 4 heteroatoms. The molecule has 4 nitrogen and oxygen atoms in total. The highest BCUT2D eigenvalue weighted by Crippen LogP contribution is 2.25. The number of carbonyl (C=O) groups excluding carboxylic acids is 1. The van der Waals surface area contributed by atoms with Crippen molar-refractivity contribution < 1.29 is 9.53 Å². The summed E-state index contributed by atoms with van der Waals surface area (Å²) in [5.74, 6) is -0.312. The molecule has 3 rings (SSSR count). The SMILES string of the molecule is CCOC(=O)Cn1cc(-c2ccc(C)cc2)c(=O)c2c(C)ccc(C)c21. The Kier molecular flexibility index (Phi) is 4.94. The minimum atomic E-state index is -0.312. The number of aryl methyl sites for hydroxylation is 3. The van der Waals surface area contributed by atoms with Crippen molar-refractivity contribution in [2.75, 3.05) is 6.61 Å². The van der Waals surface area contributed by atoms with Crippen LogP contribution < -0.4 is 5.43 Å². The maximum absolute atomic E-state index is 13.2. The lowest BCUT2D eigenvalue weighted by Crippen LogP contribution is -2.19. The number of hydrogen-bond donors (Lipinski definition) is 0. The molecule has 1 aromatic heterocycles. The van der Waals surface area contributed by atoms with Crippen molar-refractivity contribution >= 4 is 16.9 Å². The first-order valence-corrected chi connectivity index (χ1v) is 8.78. The Morgan fingerprint density at radius 2 is 1.65 bits per heavy atom. The number of hydrogen-bond acceptors (Lipinski definition) is 3. The van der Waals surface area contributed by atoms with E-state index in [1.165, 1.54) is 0 Å². The molecule has 0 saturated carbocycles. The number of rotatable bonds is 4. The average Bonchev–Trinajstić information content (AvgIpc) is 2.60. The second kappa shape index (κ2) is 7.16. The molecule has 2 aromatic carbocycles. The quantitative estimate of drug-likeness (QED) is 0.665. The van der Waals surface area contributed by atoms with Gasteiger partial charge in [-0.15, -0.1) is 0 Å². The molecule has 0 saturated heterocycles. The summed E-state index contributed by atoms with van der Waals surface area (Å²) in [5, 5.41) is 0.660.